The molecule has 1 aromatic carbocycles. The Kier molecular flexibility index (Phi) is 4.21. The summed E-state index contributed by atoms with van der Waals surface area (Å²) < 4.78 is 5.13. The summed E-state index contributed by atoms with van der Waals surface area (Å²) in [6, 6.07) is 4.64. The highest BCUT2D eigenvalue weighted by molar-refractivity contribution is 5.48. The smallest absolute Gasteiger partial charge is 0.311 e. The first-order valence-corrected chi connectivity index (χ1v) is 4.80. The second-order valence-corrected chi connectivity index (χ2v) is 3.43. The Morgan fingerprint density at radius 3 is 2.88 bits per heavy atom. The maximum Gasteiger partial charge on any atom is 0.311 e. The number of nitrogens with two attached hydrogens (primary N) is 1. The fourth-order valence-electron chi connectivity index (χ4n) is 1.15. The lowest BCUT2D eigenvalue weighted by molar-refractivity contribution is -0.386. The van der Waals surface area contributed by atoms with Gasteiger partial charge in [-0.1, -0.05) is 6.07 Å². The maximum absolute atomic E-state index is 10.7. The Morgan fingerprint density at radius 1 is 1.62 bits per heavy atom. The largest absolute Gasteiger partial charge is 0.484 e. The quantitative estimate of drug-likeness (QED) is 0.566. The van der Waals surface area contributed by atoms with E-state index in [-0.39, 0.29) is 24.6 Å². The predicted molar refractivity (Wildman–Crippen MR) is 58.4 cm³/mol. The molecule has 0 radical (unpaired) electrons. The van der Waals surface area contributed by atoms with Crippen LogP contribution in [0.15, 0.2) is 18.2 Å². The van der Waals surface area contributed by atoms with Crippen molar-refractivity contribution in [1.82, 2.24) is 0 Å². The minimum absolute atomic E-state index is 0.0552. The molecule has 0 aliphatic carbocycles. The third-order valence-corrected chi connectivity index (χ3v) is 2.01. The van der Waals surface area contributed by atoms with Crippen molar-refractivity contribution in [3.8, 4) is 5.75 Å². The number of nitro groups is 1. The number of ether oxygens (including phenoxy) is 1. The zero-order chi connectivity index (χ0) is 12.1. The van der Waals surface area contributed by atoms with Gasteiger partial charge in [-0.3, -0.25) is 10.1 Å². The van der Waals surface area contributed by atoms with Crippen LogP contribution in [0.4, 0.5) is 5.69 Å². The standard InChI is InChI=1S/C10H14N2O4/c1-7-2-3-10(9(4-7)12(14)15)16-6-8(13)5-11/h2-4,8,13H,5-6,11H2,1H3. The molecule has 1 aromatic rings. The molecule has 0 fully saturated rings. The Balaban J connectivity index is 2.82. The van der Waals surface area contributed by atoms with Crippen molar-refractivity contribution in [2.45, 2.75) is 13.0 Å². The number of aliphatic hydroxyl groups excluding tert-OH is 1. The van der Waals surface area contributed by atoms with Gasteiger partial charge in [0, 0.05) is 12.6 Å². The van der Waals surface area contributed by atoms with Crippen LogP contribution < -0.4 is 10.5 Å². The topological polar surface area (TPSA) is 98.6 Å². The van der Waals surface area contributed by atoms with E-state index in [9.17, 15) is 15.2 Å². The number of aryl methyl sites for hydroxylation is 1. The molecule has 16 heavy (non-hydrogen) atoms. The molecule has 0 aromatic heterocycles. The van der Waals surface area contributed by atoms with E-state index in [1.165, 1.54) is 12.1 Å². The lowest BCUT2D eigenvalue weighted by Gasteiger charge is -2.10. The minimum atomic E-state index is -0.819. The van der Waals surface area contributed by atoms with Crippen molar-refractivity contribution in [2.75, 3.05) is 13.2 Å². The number of rotatable bonds is 5. The van der Waals surface area contributed by atoms with Crippen LogP contribution in [0.5, 0.6) is 5.75 Å². The molecular formula is C10H14N2O4. The van der Waals surface area contributed by atoms with Gasteiger partial charge in [0.15, 0.2) is 5.75 Å². The average Bonchev–Trinajstić information content (AvgIpc) is 2.26. The third kappa shape index (κ3) is 3.18. The van der Waals surface area contributed by atoms with Gasteiger partial charge in [0.25, 0.3) is 0 Å². The normalized spacial score (nSPS) is 12.2. The summed E-state index contributed by atoms with van der Waals surface area (Å²) >= 11 is 0. The monoisotopic (exact) mass is 226 g/mol. The average molecular weight is 226 g/mol. The van der Waals surface area contributed by atoms with Crippen LogP contribution in [-0.4, -0.2) is 29.3 Å². The van der Waals surface area contributed by atoms with Gasteiger partial charge in [0.1, 0.15) is 12.7 Å². The number of nitrogens with zero attached hydrogens (tertiary/aromatic N) is 1. The van der Waals surface area contributed by atoms with Gasteiger partial charge in [0.05, 0.1) is 4.92 Å². The number of hydrogen-bond donors (Lipinski definition) is 2. The highest BCUT2D eigenvalue weighted by Crippen LogP contribution is 2.27. The summed E-state index contributed by atoms with van der Waals surface area (Å²) in [4.78, 5) is 10.2. The summed E-state index contributed by atoms with van der Waals surface area (Å²) in [7, 11) is 0. The van der Waals surface area contributed by atoms with E-state index >= 15 is 0 Å². The van der Waals surface area contributed by atoms with Gasteiger partial charge in [-0.25, -0.2) is 0 Å². The Hall–Kier alpha value is -1.66. The van der Waals surface area contributed by atoms with Gasteiger partial charge in [-0.15, -0.1) is 0 Å². The molecular weight excluding hydrogens is 212 g/mol. The van der Waals surface area contributed by atoms with Crippen molar-refractivity contribution in [2.24, 2.45) is 5.73 Å². The number of hydrogen-bond acceptors (Lipinski definition) is 5. The van der Waals surface area contributed by atoms with Crippen LogP contribution in [0.2, 0.25) is 0 Å². The molecule has 6 nitrogen and oxygen atoms in total. The highest BCUT2D eigenvalue weighted by Gasteiger charge is 2.15. The van der Waals surface area contributed by atoms with E-state index in [2.05, 4.69) is 0 Å². The van der Waals surface area contributed by atoms with E-state index in [0.717, 1.165) is 5.56 Å². The molecule has 88 valence electrons. The highest BCUT2D eigenvalue weighted by atomic mass is 16.6. The van der Waals surface area contributed by atoms with Gasteiger partial charge in [-0.05, 0) is 18.6 Å². The predicted octanol–water partition coefficient (Wildman–Crippen LogP) is 0.602. The fraction of sp³-hybridized carbons (Fsp3) is 0.400. The van der Waals surface area contributed by atoms with E-state index in [0.29, 0.717) is 0 Å². The summed E-state index contributed by atoms with van der Waals surface area (Å²) in [6.07, 6.45) is -0.819. The molecule has 3 N–H and O–H groups in total. The molecule has 6 heteroatoms. The summed E-state index contributed by atoms with van der Waals surface area (Å²) in [5.74, 6) is 0.142. The zero-order valence-corrected chi connectivity index (χ0v) is 8.92. The van der Waals surface area contributed by atoms with Crippen LogP contribution in [0.25, 0.3) is 0 Å². The van der Waals surface area contributed by atoms with Crippen LogP contribution in [0, 0.1) is 17.0 Å². The number of benzene rings is 1. The zero-order valence-electron chi connectivity index (χ0n) is 8.92. The van der Waals surface area contributed by atoms with Crippen molar-refractivity contribution in [1.29, 1.82) is 0 Å². The summed E-state index contributed by atoms with van der Waals surface area (Å²) in [5.41, 5.74) is 5.86. The van der Waals surface area contributed by atoms with Gasteiger partial charge in [-0.2, -0.15) is 0 Å². The Labute approximate surface area is 92.8 Å². The first kappa shape index (κ1) is 12.4. The van der Waals surface area contributed by atoms with E-state index < -0.39 is 11.0 Å². The SMILES string of the molecule is Cc1ccc(OCC(O)CN)c([N+](=O)[O-])c1. The summed E-state index contributed by atoms with van der Waals surface area (Å²) in [5, 5.41) is 19.9. The second-order valence-electron chi connectivity index (χ2n) is 3.43. The first-order valence-electron chi connectivity index (χ1n) is 4.80. The number of aliphatic hydroxyl groups is 1. The maximum atomic E-state index is 10.7. The molecule has 0 spiro atoms. The van der Waals surface area contributed by atoms with Crippen LogP contribution in [-0.2, 0) is 0 Å². The van der Waals surface area contributed by atoms with Gasteiger partial charge >= 0.3 is 5.69 Å². The summed E-state index contributed by atoms with van der Waals surface area (Å²) in [6.45, 7) is 1.76. The van der Waals surface area contributed by atoms with E-state index in [1.54, 1.807) is 13.0 Å². The molecule has 0 amide bonds. The van der Waals surface area contributed by atoms with Crippen LogP contribution in [0.1, 0.15) is 5.56 Å². The second kappa shape index (κ2) is 5.43. The Bertz CT molecular complexity index is 381. The molecule has 0 aliphatic heterocycles. The molecule has 1 unspecified atom stereocenters. The van der Waals surface area contributed by atoms with Crippen molar-refractivity contribution in [3.63, 3.8) is 0 Å². The molecule has 0 aliphatic rings. The fourth-order valence-corrected chi connectivity index (χ4v) is 1.15. The minimum Gasteiger partial charge on any atom is -0.484 e. The molecule has 1 atom stereocenters. The lowest BCUT2D eigenvalue weighted by atomic mass is 10.2. The van der Waals surface area contributed by atoms with Gasteiger partial charge in [0.2, 0.25) is 0 Å². The van der Waals surface area contributed by atoms with E-state index in [4.69, 9.17) is 10.5 Å². The van der Waals surface area contributed by atoms with Gasteiger partial charge < -0.3 is 15.6 Å². The first-order chi connectivity index (χ1) is 7.54. The lowest BCUT2D eigenvalue weighted by Crippen LogP contribution is -2.26. The molecule has 0 saturated carbocycles. The molecule has 0 heterocycles. The van der Waals surface area contributed by atoms with Crippen LogP contribution in [0.3, 0.4) is 0 Å². The molecule has 0 bridgehead atoms. The Morgan fingerprint density at radius 2 is 2.31 bits per heavy atom. The van der Waals surface area contributed by atoms with E-state index in [1.807, 2.05) is 0 Å². The van der Waals surface area contributed by atoms with Crippen LogP contribution >= 0.6 is 0 Å². The number of nitro benzene ring substituents is 1. The third-order valence-electron chi connectivity index (χ3n) is 2.01. The van der Waals surface area contributed by atoms with Crippen molar-refractivity contribution in [3.05, 3.63) is 33.9 Å². The van der Waals surface area contributed by atoms with Crippen molar-refractivity contribution >= 4 is 5.69 Å². The molecule has 1 rings (SSSR count). The molecule has 0 saturated heterocycles. The van der Waals surface area contributed by atoms with Crippen molar-refractivity contribution < 1.29 is 14.8 Å².